The lowest BCUT2D eigenvalue weighted by molar-refractivity contribution is -0.138. The van der Waals surface area contributed by atoms with Crippen LogP contribution in [0.1, 0.15) is 57.1 Å². The van der Waals surface area contributed by atoms with Crippen LogP contribution < -0.4 is 5.32 Å². The number of ether oxygens (including phenoxy) is 1. The number of alkyl carbamates (subject to hydrolysis) is 1. The Morgan fingerprint density at radius 3 is 2.81 bits per heavy atom. The van der Waals surface area contributed by atoms with Gasteiger partial charge in [-0.15, -0.1) is 0 Å². The molecule has 0 aromatic heterocycles. The molecular formula is C22H30N2O3. The van der Waals surface area contributed by atoms with Crippen LogP contribution >= 0.6 is 0 Å². The molecule has 2 saturated carbocycles. The fourth-order valence-corrected chi connectivity index (χ4v) is 4.84. The second-order valence-corrected chi connectivity index (χ2v) is 8.79. The van der Waals surface area contributed by atoms with Crippen LogP contribution in [0.5, 0.6) is 0 Å². The first-order valence-corrected chi connectivity index (χ1v) is 10.3. The van der Waals surface area contributed by atoms with E-state index in [4.69, 9.17) is 4.74 Å². The minimum Gasteiger partial charge on any atom is -0.450 e. The molecule has 0 spiro atoms. The molecule has 2 aliphatic carbocycles. The first kappa shape index (κ1) is 18.3. The molecule has 1 heterocycles. The van der Waals surface area contributed by atoms with Gasteiger partial charge in [0.25, 0.3) is 0 Å². The summed E-state index contributed by atoms with van der Waals surface area (Å²) in [6.45, 7) is 8.35. The predicted octanol–water partition coefficient (Wildman–Crippen LogP) is 3.43. The lowest BCUT2D eigenvalue weighted by Gasteiger charge is -2.37. The Balaban J connectivity index is 1.34. The SMILES string of the molecule is CCOC(=O)NC1CC(C(=O)N2CC3CC3(c3cccc(C(C)C)c3)C2)C1. The maximum atomic E-state index is 12.9. The third-order valence-electron chi connectivity index (χ3n) is 6.67. The number of piperidine rings is 1. The Hall–Kier alpha value is -2.04. The predicted molar refractivity (Wildman–Crippen MR) is 104 cm³/mol. The fraction of sp³-hybridized carbons (Fsp3) is 0.636. The average molecular weight is 370 g/mol. The highest BCUT2D eigenvalue weighted by Gasteiger charge is 2.62. The van der Waals surface area contributed by atoms with Crippen LogP contribution in [0.25, 0.3) is 0 Å². The van der Waals surface area contributed by atoms with Crippen LogP contribution in [0, 0.1) is 11.8 Å². The number of amides is 2. The number of rotatable bonds is 5. The van der Waals surface area contributed by atoms with E-state index in [-0.39, 0.29) is 29.4 Å². The number of nitrogens with one attached hydrogen (secondary N) is 1. The molecule has 5 heteroatoms. The molecule has 1 aliphatic heterocycles. The largest absolute Gasteiger partial charge is 0.450 e. The molecule has 5 nitrogen and oxygen atoms in total. The molecule has 4 rings (SSSR count). The fourth-order valence-electron chi connectivity index (χ4n) is 4.84. The van der Waals surface area contributed by atoms with E-state index in [1.807, 2.05) is 0 Å². The molecule has 1 aromatic carbocycles. The molecule has 1 N–H and O–H groups in total. The minimum absolute atomic E-state index is 0.0495. The molecule has 2 unspecified atom stereocenters. The van der Waals surface area contributed by atoms with Gasteiger partial charge in [-0.1, -0.05) is 38.1 Å². The molecular weight excluding hydrogens is 340 g/mol. The van der Waals surface area contributed by atoms with Crippen molar-refractivity contribution in [3.05, 3.63) is 35.4 Å². The van der Waals surface area contributed by atoms with Crippen LogP contribution in [0.2, 0.25) is 0 Å². The minimum atomic E-state index is -0.375. The van der Waals surface area contributed by atoms with E-state index < -0.39 is 0 Å². The number of hydrogen-bond donors (Lipinski definition) is 1. The van der Waals surface area contributed by atoms with Gasteiger partial charge in [0.2, 0.25) is 5.91 Å². The maximum Gasteiger partial charge on any atom is 0.407 e. The first-order valence-electron chi connectivity index (χ1n) is 10.3. The first-order chi connectivity index (χ1) is 12.9. The van der Waals surface area contributed by atoms with E-state index in [1.54, 1.807) is 6.92 Å². The van der Waals surface area contributed by atoms with Gasteiger partial charge in [0.05, 0.1) is 6.61 Å². The van der Waals surface area contributed by atoms with Crippen LogP contribution in [-0.4, -0.2) is 42.6 Å². The van der Waals surface area contributed by atoms with Crippen molar-refractivity contribution in [1.82, 2.24) is 10.2 Å². The Bertz CT molecular complexity index is 741. The van der Waals surface area contributed by atoms with Gasteiger partial charge in [-0.25, -0.2) is 4.79 Å². The summed E-state index contributed by atoms with van der Waals surface area (Å²) in [4.78, 5) is 26.4. The molecule has 2 atom stereocenters. The summed E-state index contributed by atoms with van der Waals surface area (Å²) in [7, 11) is 0. The molecule has 2 amide bonds. The van der Waals surface area contributed by atoms with Gasteiger partial charge in [0, 0.05) is 30.5 Å². The molecule has 0 bridgehead atoms. The van der Waals surface area contributed by atoms with Gasteiger partial charge < -0.3 is 15.0 Å². The summed E-state index contributed by atoms with van der Waals surface area (Å²) < 4.78 is 4.91. The Morgan fingerprint density at radius 1 is 1.33 bits per heavy atom. The highest BCUT2D eigenvalue weighted by molar-refractivity contribution is 5.81. The average Bonchev–Trinajstić information content (AvgIpc) is 3.19. The zero-order chi connectivity index (χ0) is 19.2. The van der Waals surface area contributed by atoms with Gasteiger partial charge in [0.1, 0.15) is 0 Å². The number of carbonyl (C=O) groups is 2. The van der Waals surface area contributed by atoms with Crippen LogP contribution in [0.3, 0.4) is 0 Å². The van der Waals surface area contributed by atoms with Crippen molar-refractivity contribution in [3.8, 4) is 0 Å². The quantitative estimate of drug-likeness (QED) is 0.864. The van der Waals surface area contributed by atoms with Crippen LogP contribution in [0.15, 0.2) is 24.3 Å². The van der Waals surface area contributed by atoms with E-state index in [1.165, 1.54) is 17.5 Å². The van der Waals surface area contributed by atoms with Gasteiger partial charge in [-0.05, 0) is 49.1 Å². The highest BCUT2D eigenvalue weighted by Crippen LogP contribution is 2.59. The molecule has 27 heavy (non-hydrogen) atoms. The Morgan fingerprint density at radius 2 is 2.11 bits per heavy atom. The third-order valence-corrected chi connectivity index (χ3v) is 6.67. The monoisotopic (exact) mass is 370 g/mol. The summed E-state index contributed by atoms with van der Waals surface area (Å²) in [5.74, 6) is 1.45. The Kier molecular flexibility index (Phi) is 4.65. The van der Waals surface area contributed by atoms with Crippen molar-refractivity contribution in [2.24, 2.45) is 11.8 Å². The van der Waals surface area contributed by atoms with Crippen molar-refractivity contribution >= 4 is 12.0 Å². The molecule has 146 valence electrons. The second-order valence-electron chi connectivity index (χ2n) is 8.79. The number of nitrogens with zero attached hydrogens (tertiary/aromatic N) is 1. The van der Waals surface area contributed by atoms with Crippen molar-refractivity contribution in [2.45, 2.75) is 57.4 Å². The number of hydrogen-bond acceptors (Lipinski definition) is 3. The van der Waals surface area contributed by atoms with Crippen molar-refractivity contribution in [1.29, 1.82) is 0 Å². The molecule has 1 aromatic rings. The number of likely N-dealkylation sites (tertiary alicyclic amines) is 1. The standard InChI is InChI=1S/C22H30N2O3/c1-4-27-21(26)23-19-9-16(10-19)20(25)24-12-18-11-22(18,13-24)17-7-5-6-15(8-17)14(2)3/h5-8,14,16,18-19H,4,9-13H2,1-3H3,(H,23,26). The van der Waals surface area contributed by atoms with Crippen molar-refractivity contribution < 1.29 is 14.3 Å². The normalized spacial score (nSPS) is 31.3. The third kappa shape index (κ3) is 3.32. The van der Waals surface area contributed by atoms with E-state index >= 15 is 0 Å². The van der Waals surface area contributed by atoms with Gasteiger partial charge >= 0.3 is 6.09 Å². The number of fused-ring (bicyclic) bond motifs is 1. The lowest BCUT2D eigenvalue weighted by Crippen LogP contribution is -2.50. The summed E-state index contributed by atoms with van der Waals surface area (Å²) in [6, 6.07) is 9.03. The topological polar surface area (TPSA) is 58.6 Å². The number of carbonyl (C=O) groups excluding carboxylic acids is 2. The second kappa shape index (κ2) is 6.84. The molecule has 0 radical (unpaired) electrons. The van der Waals surface area contributed by atoms with Crippen LogP contribution in [-0.2, 0) is 14.9 Å². The van der Waals surface area contributed by atoms with Gasteiger partial charge in [-0.3, -0.25) is 4.79 Å². The smallest absolute Gasteiger partial charge is 0.407 e. The van der Waals surface area contributed by atoms with E-state index in [9.17, 15) is 9.59 Å². The van der Waals surface area contributed by atoms with Crippen molar-refractivity contribution in [3.63, 3.8) is 0 Å². The zero-order valence-electron chi connectivity index (χ0n) is 16.5. The Labute approximate surface area is 161 Å². The van der Waals surface area contributed by atoms with E-state index in [0.29, 0.717) is 18.4 Å². The highest BCUT2D eigenvalue weighted by atomic mass is 16.5. The molecule has 3 aliphatic rings. The lowest BCUT2D eigenvalue weighted by atomic mass is 9.79. The van der Waals surface area contributed by atoms with Crippen molar-refractivity contribution in [2.75, 3.05) is 19.7 Å². The maximum absolute atomic E-state index is 12.9. The van der Waals surface area contributed by atoms with E-state index in [2.05, 4.69) is 48.3 Å². The number of benzene rings is 1. The summed E-state index contributed by atoms with van der Waals surface area (Å²) in [5.41, 5.74) is 2.97. The van der Waals surface area contributed by atoms with Crippen LogP contribution in [0.4, 0.5) is 4.79 Å². The molecule has 1 saturated heterocycles. The molecule has 3 fully saturated rings. The summed E-state index contributed by atoms with van der Waals surface area (Å²) in [5, 5.41) is 2.83. The summed E-state index contributed by atoms with van der Waals surface area (Å²) in [6.07, 6.45) is 2.29. The zero-order valence-corrected chi connectivity index (χ0v) is 16.5. The van der Waals surface area contributed by atoms with Gasteiger partial charge in [0.15, 0.2) is 0 Å². The van der Waals surface area contributed by atoms with Gasteiger partial charge in [-0.2, -0.15) is 0 Å². The summed E-state index contributed by atoms with van der Waals surface area (Å²) >= 11 is 0. The van der Waals surface area contributed by atoms with E-state index in [0.717, 1.165) is 25.9 Å².